The quantitative estimate of drug-likeness (QED) is 0.621. The van der Waals surface area contributed by atoms with Gasteiger partial charge in [-0.3, -0.25) is 10.1 Å². The summed E-state index contributed by atoms with van der Waals surface area (Å²) in [4.78, 5) is 11.5. The average molecular weight is 328 g/mol. The van der Waals surface area contributed by atoms with Crippen LogP contribution in [0.25, 0.3) is 0 Å². The molecule has 0 bridgehead atoms. The van der Waals surface area contributed by atoms with Crippen molar-refractivity contribution in [3.8, 4) is 5.75 Å². The number of hydrogen-bond donors (Lipinski definition) is 0. The van der Waals surface area contributed by atoms with Crippen molar-refractivity contribution < 1.29 is 9.66 Å². The smallest absolute Gasteiger partial charge is 0.276 e. The molecule has 0 unspecified atom stereocenters. The van der Waals surface area contributed by atoms with Crippen LogP contribution in [-0.4, -0.2) is 4.92 Å². The van der Waals surface area contributed by atoms with E-state index in [-0.39, 0.29) is 5.69 Å². The Labute approximate surface area is 116 Å². The molecule has 4 nitrogen and oxygen atoms in total. The predicted octanol–water partition coefficient (Wildman–Crippen LogP) is 4.31. The second-order valence-corrected chi connectivity index (χ2v) is 5.54. The maximum atomic E-state index is 10.8. The first-order chi connectivity index (χ1) is 8.58. The summed E-state index contributed by atoms with van der Waals surface area (Å²) in [6.45, 7) is 2.11. The van der Waals surface area contributed by atoms with Gasteiger partial charge in [0.25, 0.3) is 5.69 Å². The fraction of sp³-hybridized carbons (Fsp3) is 0.167. The number of nitro groups is 1. The summed E-state index contributed by atoms with van der Waals surface area (Å²) >= 11 is 4.99. The molecule has 2 rings (SSSR count). The number of hydrogen-bond acceptors (Lipinski definition) is 4. The van der Waals surface area contributed by atoms with Gasteiger partial charge in [0.2, 0.25) is 0 Å². The highest BCUT2D eigenvalue weighted by molar-refractivity contribution is 9.10. The highest BCUT2D eigenvalue weighted by Crippen LogP contribution is 2.27. The van der Waals surface area contributed by atoms with Crippen LogP contribution in [0, 0.1) is 17.0 Å². The topological polar surface area (TPSA) is 52.4 Å². The zero-order valence-electron chi connectivity index (χ0n) is 9.55. The van der Waals surface area contributed by atoms with Gasteiger partial charge in [-0.2, -0.15) is 0 Å². The van der Waals surface area contributed by atoms with Gasteiger partial charge in [0.1, 0.15) is 12.4 Å². The van der Waals surface area contributed by atoms with Crippen LogP contribution < -0.4 is 4.74 Å². The van der Waals surface area contributed by atoms with E-state index in [4.69, 9.17) is 4.74 Å². The number of nitro benzene ring substituents is 1. The molecule has 0 saturated heterocycles. The van der Waals surface area contributed by atoms with Crippen LogP contribution in [0.4, 0.5) is 5.69 Å². The predicted molar refractivity (Wildman–Crippen MR) is 74.2 cm³/mol. The van der Waals surface area contributed by atoms with Crippen molar-refractivity contribution in [3.63, 3.8) is 0 Å². The first-order valence-corrected chi connectivity index (χ1v) is 6.85. The van der Waals surface area contributed by atoms with Gasteiger partial charge in [0.05, 0.1) is 15.9 Å². The third-order valence-electron chi connectivity index (χ3n) is 2.44. The van der Waals surface area contributed by atoms with E-state index in [9.17, 15) is 10.1 Å². The minimum absolute atomic E-state index is 0.0812. The number of nitrogens with zero attached hydrogens (tertiary/aromatic N) is 1. The second-order valence-electron chi connectivity index (χ2n) is 3.69. The van der Waals surface area contributed by atoms with Crippen LogP contribution >= 0.6 is 27.3 Å². The van der Waals surface area contributed by atoms with Crippen molar-refractivity contribution in [1.82, 2.24) is 0 Å². The molecule has 0 radical (unpaired) electrons. The Kier molecular flexibility index (Phi) is 3.98. The van der Waals surface area contributed by atoms with Crippen LogP contribution in [0.15, 0.2) is 34.1 Å². The van der Waals surface area contributed by atoms with E-state index < -0.39 is 4.92 Å². The summed E-state index contributed by atoms with van der Waals surface area (Å²) in [6, 6.07) is 6.83. The molecule has 0 spiro atoms. The first-order valence-electron chi connectivity index (χ1n) is 5.17. The molecule has 2 aromatic rings. The monoisotopic (exact) mass is 327 g/mol. The number of thiophene rings is 1. The normalized spacial score (nSPS) is 10.3. The largest absolute Gasteiger partial charge is 0.488 e. The van der Waals surface area contributed by atoms with Gasteiger partial charge in [0.15, 0.2) is 0 Å². The maximum absolute atomic E-state index is 10.8. The lowest BCUT2D eigenvalue weighted by Crippen LogP contribution is -1.96. The summed E-state index contributed by atoms with van der Waals surface area (Å²) in [5.41, 5.74) is 0.711. The van der Waals surface area contributed by atoms with Gasteiger partial charge in [-0.15, -0.1) is 11.3 Å². The molecule has 0 fully saturated rings. The van der Waals surface area contributed by atoms with E-state index >= 15 is 0 Å². The van der Waals surface area contributed by atoms with Crippen LogP contribution in [0.1, 0.15) is 10.4 Å². The van der Waals surface area contributed by atoms with Crippen molar-refractivity contribution in [2.75, 3.05) is 0 Å². The molecule has 0 N–H and O–H groups in total. The highest BCUT2D eigenvalue weighted by atomic mass is 79.9. The summed E-state index contributed by atoms with van der Waals surface area (Å²) in [5.74, 6) is 0.507. The van der Waals surface area contributed by atoms with Crippen molar-refractivity contribution in [2.45, 2.75) is 13.5 Å². The molecule has 0 aliphatic heterocycles. The number of benzene rings is 1. The lowest BCUT2D eigenvalue weighted by Gasteiger charge is -2.06. The standard InChI is InChI=1S/C12H10BrNO3S/c1-8-2-3-9(6-11(8)14(15)16)17-7-12-10(13)4-5-18-12/h2-6H,7H2,1H3. The summed E-state index contributed by atoms with van der Waals surface area (Å²) in [5, 5.41) is 12.8. The SMILES string of the molecule is Cc1ccc(OCc2sccc2Br)cc1[N+](=O)[O-]. The zero-order chi connectivity index (χ0) is 13.1. The van der Waals surface area contributed by atoms with Crippen LogP contribution in [0.2, 0.25) is 0 Å². The summed E-state index contributed by atoms with van der Waals surface area (Å²) in [7, 11) is 0. The number of halogens is 1. The van der Waals surface area contributed by atoms with Crippen LogP contribution in [0.3, 0.4) is 0 Å². The molecule has 1 aromatic heterocycles. The molecule has 6 heteroatoms. The lowest BCUT2D eigenvalue weighted by atomic mass is 10.2. The molecule has 18 heavy (non-hydrogen) atoms. The van der Waals surface area contributed by atoms with E-state index in [1.165, 1.54) is 6.07 Å². The Morgan fingerprint density at radius 1 is 1.44 bits per heavy atom. The van der Waals surface area contributed by atoms with E-state index in [2.05, 4.69) is 15.9 Å². The van der Waals surface area contributed by atoms with Crippen LogP contribution in [0.5, 0.6) is 5.75 Å². The molecule has 0 amide bonds. The van der Waals surface area contributed by atoms with Gasteiger partial charge in [-0.25, -0.2) is 0 Å². The zero-order valence-corrected chi connectivity index (χ0v) is 12.0. The molecule has 1 aromatic carbocycles. The highest BCUT2D eigenvalue weighted by Gasteiger charge is 2.12. The molecule has 0 saturated carbocycles. The molecule has 1 heterocycles. The second kappa shape index (κ2) is 5.49. The first kappa shape index (κ1) is 13.0. The number of ether oxygens (including phenoxy) is 1. The van der Waals surface area contributed by atoms with Crippen molar-refractivity contribution in [3.05, 3.63) is 54.7 Å². The van der Waals surface area contributed by atoms with E-state index in [0.717, 1.165) is 9.35 Å². The van der Waals surface area contributed by atoms with Crippen molar-refractivity contribution in [2.24, 2.45) is 0 Å². The van der Waals surface area contributed by atoms with E-state index in [0.29, 0.717) is 17.9 Å². The van der Waals surface area contributed by atoms with Gasteiger partial charge in [-0.1, -0.05) is 0 Å². The average Bonchev–Trinajstić information content (AvgIpc) is 2.73. The van der Waals surface area contributed by atoms with Crippen molar-refractivity contribution >= 4 is 33.0 Å². The maximum Gasteiger partial charge on any atom is 0.276 e. The Balaban J connectivity index is 2.13. The van der Waals surface area contributed by atoms with E-state index in [1.54, 1.807) is 30.4 Å². The minimum Gasteiger partial charge on any atom is -0.488 e. The molecular weight excluding hydrogens is 318 g/mol. The third kappa shape index (κ3) is 2.88. The Hall–Kier alpha value is -1.40. The number of rotatable bonds is 4. The van der Waals surface area contributed by atoms with Crippen molar-refractivity contribution in [1.29, 1.82) is 0 Å². The molecule has 0 atom stereocenters. The van der Waals surface area contributed by atoms with Gasteiger partial charge in [-0.05, 0) is 46.4 Å². The lowest BCUT2D eigenvalue weighted by molar-refractivity contribution is -0.385. The molecular formula is C12H10BrNO3S. The fourth-order valence-electron chi connectivity index (χ4n) is 1.45. The Morgan fingerprint density at radius 3 is 2.83 bits per heavy atom. The number of aryl methyl sites for hydroxylation is 1. The molecule has 0 aliphatic carbocycles. The molecule has 0 aliphatic rings. The Bertz CT molecular complexity index is 582. The minimum atomic E-state index is -0.400. The molecule has 94 valence electrons. The van der Waals surface area contributed by atoms with Crippen LogP contribution in [-0.2, 0) is 6.61 Å². The Morgan fingerprint density at radius 2 is 2.22 bits per heavy atom. The summed E-state index contributed by atoms with van der Waals surface area (Å²) in [6.07, 6.45) is 0. The third-order valence-corrected chi connectivity index (χ3v) is 4.34. The van der Waals surface area contributed by atoms with E-state index in [1.807, 2.05) is 11.4 Å². The van der Waals surface area contributed by atoms with Gasteiger partial charge < -0.3 is 4.74 Å². The summed E-state index contributed by atoms with van der Waals surface area (Å²) < 4.78 is 6.55. The fourth-order valence-corrected chi connectivity index (χ4v) is 2.83. The van der Waals surface area contributed by atoms with Gasteiger partial charge >= 0.3 is 0 Å². The van der Waals surface area contributed by atoms with Gasteiger partial charge in [0, 0.05) is 10.0 Å².